The molecule has 2 aliphatic rings. The number of rotatable bonds is 10. The molecule has 1 aromatic heterocycles. The Labute approximate surface area is 264 Å². The molecule has 2 aliphatic heterocycles. The lowest BCUT2D eigenvalue weighted by Crippen LogP contribution is -2.45. The van der Waals surface area contributed by atoms with Crippen LogP contribution in [0.2, 0.25) is 0 Å². The van der Waals surface area contributed by atoms with Gasteiger partial charge in [-0.05, 0) is 71.0 Å². The number of aryl methyl sites for hydroxylation is 2. The molecule has 242 valence electrons. The number of imidazole rings is 1. The van der Waals surface area contributed by atoms with E-state index in [0.29, 0.717) is 30.9 Å². The topological polar surface area (TPSA) is 95.1 Å². The second-order valence-electron chi connectivity index (χ2n) is 11.5. The molecular weight excluding hydrogens is 603 g/mol. The minimum Gasteiger partial charge on any atom is -0.490 e. The fraction of sp³-hybridized carbons (Fsp3) is 0.364. The molecule has 10 nitrogen and oxygen atoms in total. The van der Waals surface area contributed by atoms with Crippen molar-refractivity contribution in [2.24, 2.45) is 0 Å². The largest absolute Gasteiger partial charge is 0.490 e. The first-order valence-electron chi connectivity index (χ1n) is 15.1. The van der Waals surface area contributed by atoms with Gasteiger partial charge in [-0.2, -0.15) is 13.2 Å². The van der Waals surface area contributed by atoms with Crippen molar-refractivity contribution in [1.82, 2.24) is 14.5 Å². The quantitative estimate of drug-likeness (QED) is 0.149. The Morgan fingerprint density at radius 3 is 2.35 bits per heavy atom. The van der Waals surface area contributed by atoms with E-state index in [9.17, 15) is 23.3 Å². The predicted molar refractivity (Wildman–Crippen MR) is 164 cm³/mol. The molecule has 0 radical (unpaired) electrons. The zero-order valence-corrected chi connectivity index (χ0v) is 25.3. The highest BCUT2D eigenvalue weighted by Crippen LogP contribution is 2.30. The number of ether oxygens (including phenoxy) is 3. The van der Waals surface area contributed by atoms with Crippen LogP contribution in [0, 0.1) is 17.0 Å². The van der Waals surface area contributed by atoms with Crippen molar-refractivity contribution in [1.29, 1.82) is 0 Å². The van der Waals surface area contributed by atoms with Crippen molar-refractivity contribution < 1.29 is 32.3 Å². The van der Waals surface area contributed by atoms with E-state index in [1.807, 2.05) is 31.2 Å². The second kappa shape index (κ2) is 13.3. The Balaban J connectivity index is 0.933. The molecule has 0 amide bonds. The fourth-order valence-corrected chi connectivity index (χ4v) is 5.62. The third-order valence-corrected chi connectivity index (χ3v) is 8.21. The van der Waals surface area contributed by atoms with Crippen LogP contribution in [-0.4, -0.2) is 58.3 Å². The van der Waals surface area contributed by atoms with Crippen molar-refractivity contribution >= 4 is 11.5 Å². The molecule has 4 aromatic rings. The van der Waals surface area contributed by atoms with Crippen LogP contribution in [-0.2, 0) is 25.9 Å². The molecule has 13 heteroatoms. The molecule has 1 atom stereocenters. The van der Waals surface area contributed by atoms with E-state index in [1.54, 1.807) is 4.57 Å². The Kier molecular flexibility index (Phi) is 9.02. The number of anilines is 1. The Morgan fingerprint density at radius 2 is 1.67 bits per heavy atom. The number of benzene rings is 3. The Morgan fingerprint density at radius 1 is 0.957 bits per heavy atom. The number of nitrogens with zero attached hydrogens (tertiary/aromatic N) is 5. The molecule has 0 unspecified atom stereocenters. The number of hydrogen-bond acceptors (Lipinski definition) is 8. The normalized spacial score (nSPS) is 16.9. The standard InChI is InChI=1S/C33H34F3N5O5/c1-23-18-25(4-11-30(23)45-21-24-2-5-26(6-3-24)33(34,35)36)19-38-14-16-39(17-15-38)27-7-9-28(10-8-27)44-22-29-12-13-40-20-31(41(42)43)37-32(40)46-29/h2-11,18,20,29H,12-17,19,21-22H2,1H3/t29-/m1/s1. The van der Waals surface area contributed by atoms with Gasteiger partial charge in [0.1, 0.15) is 37.0 Å². The van der Waals surface area contributed by atoms with Gasteiger partial charge in [-0.3, -0.25) is 9.47 Å². The van der Waals surface area contributed by atoms with E-state index >= 15 is 0 Å². The van der Waals surface area contributed by atoms with Crippen LogP contribution in [0.5, 0.6) is 17.5 Å². The van der Waals surface area contributed by atoms with Gasteiger partial charge in [-0.15, -0.1) is 0 Å². The average Bonchev–Trinajstić information content (AvgIpc) is 3.48. The molecule has 46 heavy (non-hydrogen) atoms. The fourth-order valence-electron chi connectivity index (χ4n) is 5.62. The van der Waals surface area contributed by atoms with Crippen LogP contribution in [0.1, 0.15) is 28.7 Å². The van der Waals surface area contributed by atoms with E-state index < -0.39 is 16.7 Å². The number of fused-ring (bicyclic) bond motifs is 1. The summed E-state index contributed by atoms with van der Waals surface area (Å²) in [7, 11) is 0. The molecule has 3 heterocycles. The first kappa shape index (κ1) is 31.2. The summed E-state index contributed by atoms with van der Waals surface area (Å²) in [6.45, 7) is 7.51. The third kappa shape index (κ3) is 7.53. The van der Waals surface area contributed by atoms with E-state index in [2.05, 4.69) is 33.0 Å². The number of piperazine rings is 1. The first-order chi connectivity index (χ1) is 22.1. The first-order valence-corrected chi connectivity index (χ1v) is 15.1. The molecule has 0 aliphatic carbocycles. The van der Waals surface area contributed by atoms with Crippen LogP contribution in [0.15, 0.2) is 72.9 Å². The van der Waals surface area contributed by atoms with Crippen LogP contribution >= 0.6 is 0 Å². The maximum absolute atomic E-state index is 12.8. The van der Waals surface area contributed by atoms with Crippen molar-refractivity contribution in [2.45, 2.75) is 45.3 Å². The molecule has 1 fully saturated rings. The summed E-state index contributed by atoms with van der Waals surface area (Å²) >= 11 is 0. The Bertz CT molecular complexity index is 1650. The third-order valence-electron chi connectivity index (χ3n) is 8.21. The second-order valence-corrected chi connectivity index (χ2v) is 11.5. The van der Waals surface area contributed by atoms with Crippen molar-refractivity contribution in [2.75, 3.05) is 37.7 Å². The highest BCUT2D eigenvalue weighted by Gasteiger charge is 2.30. The summed E-state index contributed by atoms with van der Waals surface area (Å²) in [4.78, 5) is 19.1. The molecule has 0 saturated carbocycles. The van der Waals surface area contributed by atoms with E-state index in [-0.39, 0.29) is 24.5 Å². The van der Waals surface area contributed by atoms with E-state index in [4.69, 9.17) is 14.2 Å². The zero-order chi connectivity index (χ0) is 32.3. The number of hydrogen-bond donors (Lipinski definition) is 0. The SMILES string of the molecule is Cc1cc(CN2CCN(c3ccc(OC[C@H]4CCn5cc([N+](=O)[O-])nc5O4)cc3)CC2)ccc1OCc1ccc(C(F)(F)F)cc1. The van der Waals surface area contributed by atoms with Gasteiger partial charge in [-0.1, -0.05) is 24.3 Å². The monoisotopic (exact) mass is 637 g/mol. The molecule has 3 aromatic carbocycles. The van der Waals surface area contributed by atoms with Gasteiger partial charge in [-0.25, -0.2) is 0 Å². The number of halogens is 3. The lowest BCUT2D eigenvalue weighted by Gasteiger charge is -2.36. The van der Waals surface area contributed by atoms with Gasteiger partial charge < -0.3 is 29.2 Å². The molecular formula is C33H34F3N5O5. The van der Waals surface area contributed by atoms with Crippen molar-refractivity contribution in [3.8, 4) is 17.5 Å². The van der Waals surface area contributed by atoms with Crippen LogP contribution in [0.25, 0.3) is 0 Å². The molecule has 0 spiro atoms. The summed E-state index contributed by atoms with van der Waals surface area (Å²) in [5.41, 5.74) is 3.29. The number of alkyl halides is 3. The highest BCUT2D eigenvalue weighted by atomic mass is 19.4. The maximum Gasteiger partial charge on any atom is 0.416 e. The molecule has 0 bridgehead atoms. The van der Waals surface area contributed by atoms with Gasteiger partial charge in [0, 0.05) is 56.4 Å². The predicted octanol–water partition coefficient (Wildman–Crippen LogP) is 6.25. The summed E-state index contributed by atoms with van der Waals surface area (Å²) < 4.78 is 57.7. The van der Waals surface area contributed by atoms with Crippen LogP contribution in [0.3, 0.4) is 0 Å². The Hall–Kier alpha value is -4.78. The van der Waals surface area contributed by atoms with Crippen LogP contribution < -0.4 is 19.1 Å². The highest BCUT2D eigenvalue weighted by molar-refractivity contribution is 5.49. The number of aromatic nitrogens is 2. The lowest BCUT2D eigenvalue weighted by atomic mass is 10.1. The summed E-state index contributed by atoms with van der Waals surface area (Å²) in [6.07, 6.45) is -2.52. The maximum atomic E-state index is 12.8. The summed E-state index contributed by atoms with van der Waals surface area (Å²) in [5.74, 6) is 1.22. The lowest BCUT2D eigenvalue weighted by molar-refractivity contribution is -0.389. The van der Waals surface area contributed by atoms with Crippen molar-refractivity contribution in [3.05, 3.63) is 105 Å². The van der Waals surface area contributed by atoms with Crippen LogP contribution in [0.4, 0.5) is 24.7 Å². The van der Waals surface area contributed by atoms with Gasteiger partial charge in [0.25, 0.3) is 0 Å². The summed E-state index contributed by atoms with van der Waals surface area (Å²) in [6, 6.07) is 19.3. The molecule has 1 saturated heterocycles. The van der Waals surface area contributed by atoms with E-state index in [0.717, 1.165) is 61.9 Å². The van der Waals surface area contributed by atoms with Gasteiger partial charge in [0.15, 0.2) is 0 Å². The minimum atomic E-state index is -4.35. The van der Waals surface area contributed by atoms with E-state index in [1.165, 1.54) is 23.9 Å². The minimum absolute atomic E-state index is 0.198. The zero-order valence-electron chi connectivity index (χ0n) is 25.3. The van der Waals surface area contributed by atoms with Gasteiger partial charge in [0.2, 0.25) is 0 Å². The smallest absolute Gasteiger partial charge is 0.416 e. The van der Waals surface area contributed by atoms with Gasteiger partial charge in [0.05, 0.1) is 5.56 Å². The summed E-state index contributed by atoms with van der Waals surface area (Å²) in [5, 5.41) is 11.0. The molecule has 0 N–H and O–H groups in total. The van der Waals surface area contributed by atoms with Crippen molar-refractivity contribution in [3.63, 3.8) is 0 Å². The molecule has 6 rings (SSSR count). The average molecular weight is 638 g/mol. The number of nitro groups is 1. The van der Waals surface area contributed by atoms with Gasteiger partial charge >= 0.3 is 18.0 Å².